The van der Waals surface area contributed by atoms with Gasteiger partial charge in [-0.25, -0.2) is 19.1 Å². The van der Waals surface area contributed by atoms with Crippen LogP contribution in [0.2, 0.25) is 0 Å². The summed E-state index contributed by atoms with van der Waals surface area (Å²) >= 11 is 0. The molecule has 1 aliphatic carbocycles. The second-order valence-electron chi connectivity index (χ2n) is 11.2. The molecule has 0 radical (unpaired) electrons. The van der Waals surface area contributed by atoms with Gasteiger partial charge < -0.3 is 35.0 Å². The molecule has 4 aliphatic heterocycles. The number of hydrogen-bond donors (Lipinski definition) is 7. The van der Waals surface area contributed by atoms with Gasteiger partial charge in [-0.15, -0.1) is 0 Å². The topological polar surface area (TPSA) is 299 Å². The van der Waals surface area contributed by atoms with Crippen molar-refractivity contribution in [1.82, 2.24) is 24.8 Å². The van der Waals surface area contributed by atoms with Crippen LogP contribution in [0, 0.1) is 17.2 Å². The third-order valence-corrected chi connectivity index (χ3v) is 10.5. The molecule has 2 saturated heterocycles. The fourth-order valence-corrected chi connectivity index (χ4v) is 8.42. The first-order valence-electron chi connectivity index (χ1n) is 14.0. The number of nitrogens with zero attached hydrogens (tertiary/aromatic N) is 6. The lowest BCUT2D eigenvalue weighted by Gasteiger charge is -2.31. The number of amides is 1. The standard InChI is InChI=1S/C23H29N9O12P2/c24-18-10-1-2-31(19(10)27-7-26-18)12-3-9-5-40-45(36,37)44-17-11(4-33)13(6-41-46(38,39)43-16(9)15(12)34)42-22(17)32-8-28-14-20(32)29-23(25)30-21(14)35/h1-2,7-9,11-17,22,33-34H,3-6H2,(H,36,37)(H,38,39)(H2,24,26,27)(H2,25,30,35)/t9-,11-,12-,13-,14?,15+,16-,17-,22-/m1/s1. The average molecular weight is 685 g/mol. The van der Waals surface area contributed by atoms with Crippen molar-refractivity contribution in [3.05, 3.63) is 18.6 Å². The average Bonchev–Trinajstić information content (AvgIpc) is 3.75. The fraction of sp³-hybridized carbons (Fsp3) is 0.565. The summed E-state index contributed by atoms with van der Waals surface area (Å²) in [5, 5.41) is 32.1. The lowest BCUT2D eigenvalue weighted by molar-refractivity contribution is -0.119. The number of nitrogen functional groups attached to an aromatic ring is 1. The molecular formula is C23H29N9O12P2. The maximum atomic E-state index is 13.4. The lowest BCUT2D eigenvalue weighted by atomic mass is 9.99. The minimum atomic E-state index is -4.99. The number of rotatable bonds is 3. The van der Waals surface area contributed by atoms with Crippen molar-refractivity contribution < 1.29 is 56.8 Å². The molecule has 0 aromatic carbocycles. The Hall–Kier alpha value is -3.20. The van der Waals surface area contributed by atoms with Crippen molar-refractivity contribution in [3.63, 3.8) is 0 Å². The van der Waals surface area contributed by atoms with Gasteiger partial charge in [0.25, 0.3) is 5.91 Å². The number of amidine groups is 1. The molecule has 3 unspecified atom stereocenters. The Morgan fingerprint density at radius 3 is 2.63 bits per heavy atom. The number of nitrogens with two attached hydrogens (primary N) is 1. The van der Waals surface area contributed by atoms with Crippen LogP contribution in [0.4, 0.5) is 5.82 Å². The summed E-state index contributed by atoms with van der Waals surface area (Å²) in [6, 6.07) is -0.298. The SMILES string of the molecule is N=C1N=C2C(N=CN2[C@@H]2O[C@@H]3COP(=O)(O)O[C@@H]4[C@@H](COP(=O)(O)O[C@@H]2[C@@H]3CO)C[C@@H](n2ccc3c(N)ncnc32)[C@@H]4O)C(=O)N1. The van der Waals surface area contributed by atoms with Crippen LogP contribution in [0.15, 0.2) is 28.6 Å². The number of fused-ring (bicyclic) bond motifs is 5. The van der Waals surface area contributed by atoms with E-state index in [1.807, 2.05) is 0 Å². The molecule has 11 atom stereocenters. The summed E-state index contributed by atoms with van der Waals surface area (Å²) < 4.78 is 55.8. The minimum Gasteiger partial charge on any atom is -0.396 e. The van der Waals surface area contributed by atoms with E-state index in [9.17, 15) is 33.9 Å². The van der Waals surface area contributed by atoms with E-state index in [4.69, 9.17) is 34.0 Å². The fourth-order valence-electron chi connectivity index (χ4n) is 6.41. The quantitative estimate of drug-likeness (QED) is 0.180. The van der Waals surface area contributed by atoms with Crippen molar-refractivity contribution in [2.75, 3.05) is 25.6 Å². The number of anilines is 1. The first-order chi connectivity index (χ1) is 21.9. The maximum absolute atomic E-state index is 13.4. The molecule has 21 nitrogen and oxygen atoms in total. The van der Waals surface area contributed by atoms with Crippen molar-refractivity contribution in [2.45, 2.75) is 49.1 Å². The Morgan fingerprint density at radius 2 is 1.87 bits per heavy atom. The lowest BCUT2D eigenvalue weighted by Crippen LogP contribution is -2.53. The monoisotopic (exact) mass is 685 g/mol. The smallest absolute Gasteiger partial charge is 0.396 e. The number of aliphatic hydroxyl groups is 2. The number of hydrogen-bond acceptors (Lipinski definition) is 16. The minimum absolute atomic E-state index is 0.0377. The number of ether oxygens (including phenoxy) is 1. The number of aliphatic hydroxyl groups excluding tert-OH is 2. The van der Waals surface area contributed by atoms with Crippen LogP contribution in [0.1, 0.15) is 12.5 Å². The van der Waals surface area contributed by atoms with Gasteiger partial charge >= 0.3 is 15.6 Å². The van der Waals surface area contributed by atoms with Gasteiger partial charge in [-0.1, -0.05) is 0 Å². The number of aromatic nitrogens is 3. The van der Waals surface area contributed by atoms with Crippen LogP contribution in [-0.4, -0.2) is 120 Å². The summed E-state index contributed by atoms with van der Waals surface area (Å²) in [7, 11) is -9.95. The van der Waals surface area contributed by atoms with Gasteiger partial charge in [0.2, 0.25) is 5.96 Å². The van der Waals surface area contributed by atoms with Crippen LogP contribution in [-0.2, 0) is 36.8 Å². The predicted octanol–water partition coefficient (Wildman–Crippen LogP) is -1.54. The Balaban J connectivity index is 1.19. The van der Waals surface area contributed by atoms with Crippen LogP contribution in [0.25, 0.3) is 11.0 Å². The van der Waals surface area contributed by atoms with E-state index in [1.165, 1.54) is 17.6 Å². The molecule has 3 fully saturated rings. The highest BCUT2D eigenvalue weighted by molar-refractivity contribution is 7.47. The molecule has 248 valence electrons. The molecule has 1 saturated carbocycles. The second-order valence-corrected chi connectivity index (χ2v) is 14.0. The Morgan fingerprint density at radius 1 is 1.13 bits per heavy atom. The largest absolute Gasteiger partial charge is 0.472 e. The molecule has 8 N–H and O–H groups in total. The molecule has 46 heavy (non-hydrogen) atoms. The third-order valence-electron chi connectivity index (χ3n) is 8.55. The van der Waals surface area contributed by atoms with E-state index in [-0.39, 0.29) is 18.1 Å². The Labute approximate surface area is 258 Å². The molecular weight excluding hydrogens is 656 g/mol. The number of carbonyl (C=O) groups excluding carboxylic acids is 1. The van der Waals surface area contributed by atoms with E-state index in [2.05, 4.69) is 25.3 Å². The molecule has 0 spiro atoms. The molecule has 2 aromatic heterocycles. The highest BCUT2D eigenvalue weighted by Crippen LogP contribution is 2.55. The van der Waals surface area contributed by atoms with Gasteiger partial charge in [-0.3, -0.25) is 43.5 Å². The molecule has 23 heteroatoms. The highest BCUT2D eigenvalue weighted by atomic mass is 31.2. The highest BCUT2D eigenvalue weighted by Gasteiger charge is 2.55. The van der Waals surface area contributed by atoms with Gasteiger partial charge in [0.15, 0.2) is 18.1 Å². The van der Waals surface area contributed by atoms with Gasteiger partial charge in [-0.05, 0) is 12.5 Å². The molecule has 7 rings (SSSR count). The third kappa shape index (κ3) is 5.46. The number of phosphoric acid groups is 2. The van der Waals surface area contributed by atoms with Crippen molar-refractivity contribution in [3.8, 4) is 0 Å². The summed E-state index contributed by atoms with van der Waals surface area (Å²) in [6.07, 6.45) is -2.86. The van der Waals surface area contributed by atoms with E-state index in [1.54, 1.807) is 16.8 Å². The maximum Gasteiger partial charge on any atom is 0.472 e. The van der Waals surface area contributed by atoms with Gasteiger partial charge in [-0.2, -0.15) is 4.99 Å². The molecule has 6 heterocycles. The molecule has 1 amide bonds. The summed E-state index contributed by atoms with van der Waals surface area (Å²) in [5.41, 5.74) is 6.32. The van der Waals surface area contributed by atoms with Gasteiger partial charge in [0.05, 0.1) is 43.7 Å². The van der Waals surface area contributed by atoms with Crippen molar-refractivity contribution >= 4 is 56.5 Å². The van der Waals surface area contributed by atoms with Crippen LogP contribution < -0.4 is 11.1 Å². The van der Waals surface area contributed by atoms with Gasteiger partial charge in [0, 0.05) is 18.0 Å². The number of phosphoric ester groups is 2. The zero-order chi connectivity index (χ0) is 32.5. The first-order valence-corrected chi connectivity index (χ1v) is 17.0. The molecule has 5 aliphatic rings. The van der Waals surface area contributed by atoms with E-state index >= 15 is 0 Å². The summed E-state index contributed by atoms with van der Waals surface area (Å²) in [4.78, 5) is 51.4. The van der Waals surface area contributed by atoms with Crippen molar-refractivity contribution in [2.24, 2.45) is 21.8 Å². The predicted molar refractivity (Wildman–Crippen MR) is 153 cm³/mol. The van der Waals surface area contributed by atoms with Crippen LogP contribution >= 0.6 is 15.6 Å². The molecule has 2 bridgehead atoms. The summed E-state index contributed by atoms with van der Waals surface area (Å²) in [6.45, 7) is -1.95. The normalized spacial score (nSPS) is 41.3. The zero-order valence-electron chi connectivity index (χ0n) is 23.5. The second kappa shape index (κ2) is 11.5. The number of carbonyl (C=O) groups is 1. The van der Waals surface area contributed by atoms with E-state index in [0.29, 0.717) is 11.0 Å². The first kappa shape index (κ1) is 31.4. The van der Waals surface area contributed by atoms with Crippen molar-refractivity contribution in [1.29, 1.82) is 5.41 Å². The Bertz CT molecular complexity index is 1740. The van der Waals surface area contributed by atoms with E-state index in [0.717, 1.165) is 0 Å². The number of nitrogens with one attached hydrogen (secondary N) is 2. The van der Waals surface area contributed by atoms with Gasteiger partial charge in [0.1, 0.15) is 36.1 Å². The zero-order valence-corrected chi connectivity index (χ0v) is 25.3. The van der Waals surface area contributed by atoms with Crippen LogP contribution in [0.3, 0.4) is 0 Å². The molecule has 2 aromatic rings. The van der Waals surface area contributed by atoms with Crippen LogP contribution in [0.5, 0.6) is 0 Å². The van der Waals surface area contributed by atoms with E-state index < -0.39 is 102 Å². The number of guanidine groups is 1. The number of aliphatic imine (C=N–C) groups is 2. The summed E-state index contributed by atoms with van der Waals surface area (Å²) in [5.74, 6) is -3.03. The Kier molecular flexibility index (Phi) is 7.85.